The summed E-state index contributed by atoms with van der Waals surface area (Å²) in [5, 5.41) is 4.25. The Kier molecular flexibility index (Phi) is 5.83. The zero-order valence-corrected chi connectivity index (χ0v) is 15.1. The maximum atomic E-state index is 5.55. The average Bonchev–Trinajstić information content (AvgIpc) is 2.63. The zero-order chi connectivity index (χ0) is 16.8. The molecule has 0 spiro atoms. The van der Waals surface area contributed by atoms with Gasteiger partial charge in [0, 0.05) is 39.3 Å². The molecular formula is C20H25N3S. The van der Waals surface area contributed by atoms with Crippen molar-refractivity contribution in [1.29, 1.82) is 0 Å². The Balaban J connectivity index is 1.42. The Labute approximate surface area is 150 Å². The molecule has 0 aromatic heterocycles. The van der Waals surface area contributed by atoms with E-state index in [4.69, 9.17) is 12.2 Å². The Morgan fingerprint density at radius 2 is 1.58 bits per heavy atom. The molecule has 3 rings (SSSR count). The van der Waals surface area contributed by atoms with Crippen LogP contribution in [0.15, 0.2) is 54.6 Å². The summed E-state index contributed by atoms with van der Waals surface area (Å²) in [5.74, 6) is 0. The van der Waals surface area contributed by atoms with E-state index in [1.54, 1.807) is 0 Å². The molecule has 0 unspecified atom stereocenters. The minimum atomic E-state index is 0.795. The molecule has 1 fully saturated rings. The first-order chi connectivity index (χ1) is 11.7. The number of piperazine rings is 1. The third-order valence-corrected chi connectivity index (χ3v) is 4.88. The van der Waals surface area contributed by atoms with Crippen molar-refractivity contribution in [3.63, 3.8) is 0 Å². The fourth-order valence-electron chi connectivity index (χ4n) is 2.95. The number of hydrogen-bond acceptors (Lipinski definition) is 2. The highest BCUT2D eigenvalue weighted by Gasteiger charge is 2.18. The van der Waals surface area contributed by atoms with Crippen LogP contribution in [0.25, 0.3) is 0 Å². The summed E-state index contributed by atoms with van der Waals surface area (Å²) in [6.07, 6.45) is 0. The van der Waals surface area contributed by atoms with Crippen LogP contribution in [0.5, 0.6) is 0 Å². The number of hydrogen-bond donors (Lipinski definition) is 1. The Morgan fingerprint density at radius 1 is 0.917 bits per heavy atom. The van der Waals surface area contributed by atoms with Gasteiger partial charge in [-0.2, -0.15) is 0 Å². The van der Waals surface area contributed by atoms with E-state index < -0.39 is 0 Å². The summed E-state index contributed by atoms with van der Waals surface area (Å²) in [6, 6.07) is 19.2. The second-order valence-corrected chi connectivity index (χ2v) is 6.78. The molecule has 0 amide bonds. The van der Waals surface area contributed by atoms with Crippen molar-refractivity contribution in [2.75, 3.05) is 26.2 Å². The summed E-state index contributed by atoms with van der Waals surface area (Å²) in [5.41, 5.74) is 3.97. The predicted octanol–water partition coefficient (Wildman–Crippen LogP) is 3.19. The van der Waals surface area contributed by atoms with Crippen LogP contribution in [0.3, 0.4) is 0 Å². The molecule has 24 heavy (non-hydrogen) atoms. The second-order valence-electron chi connectivity index (χ2n) is 6.39. The van der Waals surface area contributed by atoms with Crippen molar-refractivity contribution in [2.24, 2.45) is 0 Å². The lowest BCUT2D eigenvalue weighted by Gasteiger charge is -2.36. The van der Waals surface area contributed by atoms with Gasteiger partial charge in [-0.1, -0.05) is 60.2 Å². The minimum Gasteiger partial charge on any atom is -0.358 e. The van der Waals surface area contributed by atoms with Crippen LogP contribution in [-0.4, -0.2) is 41.1 Å². The highest BCUT2D eigenvalue weighted by molar-refractivity contribution is 7.80. The van der Waals surface area contributed by atoms with Crippen molar-refractivity contribution in [3.05, 3.63) is 71.3 Å². The SMILES string of the molecule is Cc1ccc(CN2CCN(C(=S)NCc3ccccc3)CC2)cc1. The molecular weight excluding hydrogens is 314 g/mol. The smallest absolute Gasteiger partial charge is 0.169 e. The normalized spacial score (nSPS) is 15.3. The summed E-state index contributed by atoms with van der Waals surface area (Å²) in [4.78, 5) is 4.78. The molecule has 1 aliphatic heterocycles. The average molecular weight is 340 g/mol. The number of nitrogens with zero attached hydrogens (tertiary/aromatic N) is 2. The van der Waals surface area contributed by atoms with Gasteiger partial charge in [0.1, 0.15) is 0 Å². The van der Waals surface area contributed by atoms with Crippen molar-refractivity contribution in [2.45, 2.75) is 20.0 Å². The maximum Gasteiger partial charge on any atom is 0.169 e. The molecule has 0 bridgehead atoms. The monoisotopic (exact) mass is 339 g/mol. The van der Waals surface area contributed by atoms with Crippen molar-refractivity contribution >= 4 is 17.3 Å². The van der Waals surface area contributed by atoms with Gasteiger partial charge < -0.3 is 10.2 Å². The van der Waals surface area contributed by atoms with Crippen LogP contribution >= 0.6 is 12.2 Å². The highest BCUT2D eigenvalue weighted by Crippen LogP contribution is 2.10. The van der Waals surface area contributed by atoms with Gasteiger partial charge in [-0.05, 0) is 30.3 Å². The largest absolute Gasteiger partial charge is 0.358 e. The lowest BCUT2D eigenvalue weighted by atomic mass is 10.1. The Morgan fingerprint density at radius 3 is 2.25 bits per heavy atom. The molecule has 0 radical (unpaired) electrons. The molecule has 1 aliphatic rings. The lowest BCUT2D eigenvalue weighted by Crippen LogP contribution is -2.51. The van der Waals surface area contributed by atoms with Crippen molar-refractivity contribution < 1.29 is 0 Å². The van der Waals surface area contributed by atoms with Crippen molar-refractivity contribution in [1.82, 2.24) is 15.1 Å². The fraction of sp³-hybridized carbons (Fsp3) is 0.350. The van der Waals surface area contributed by atoms with E-state index in [9.17, 15) is 0 Å². The van der Waals surface area contributed by atoms with Crippen molar-refractivity contribution in [3.8, 4) is 0 Å². The summed E-state index contributed by atoms with van der Waals surface area (Å²) in [6.45, 7) is 8.05. The molecule has 0 saturated carbocycles. The third-order valence-electron chi connectivity index (χ3n) is 4.47. The summed E-state index contributed by atoms with van der Waals surface area (Å²) < 4.78 is 0. The molecule has 0 atom stereocenters. The second kappa shape index (κ2) is 8.27. The minimum absolute atomic E-state index is 0.795. The van der Waals surface area contributed by atoms with Crippen LogP contribution in [0.4, 0.5) is 0 Å². The van der Waals surface area contributed by atoms with Crippen LogP contribution in [-0.2, 0) is 13.1 Å². The van der Waals surface area contributed by atoms with Gasteiger partial charge in [0.25, 0.3) is 0 Å². The summed E-state index contributed by atoms with van der Waals surface area (Å²) >= 11 is 5.55. The van der Waals surface area contributed by atoms with Gasteiger partial charge in [0.05, 0.1) is 0 Å². The molecule has 126 valence electrons. The number of thiocarbonyl (C=S) groups is 1. The Bertz CT molecular complexity index is 646. The topological polar surface area (TPSA) is 18.5 Å². The molecule has 1 saturated heterocycles. The van der Waals surface area contributed by atoms with Gasteiger partial charge in [0.15, 0.2) is 5.11 Å². The highest BCUT2D eigenvalue weighted by atomic mass is 32.1. The quantitative estimate of drug-likeness (QED) is 0.862. The standard InChI is InChI=1S/C20H25N3S/c1-17-7-9-19(10-8-17)16-22-11-13-23(14-12-22)20(24)21-15-18-5-3-2-4-6-18/h2-10H,11-16H2,1H3,(H,21,24). The molecule has 2 aromatic rings. The van der Waals surface area contributed by atoms with Gasteiger partial charge in [-0.15, -0.1) is 0 Å². The molecule has 1 heterocycles. The summed E-state index contributed by atoms with van der Waals surface area (Å²) in [7, 11) is 0. The van der Waals surface area contributed by atoms with Crippen LogP contribution < -0.4 is 5.32 Å². The lowest BCUT2D eigenvalue weighted by molar-refractivity contribution is 0.174. The van der Waals surface area contributed by atoms with E-state index in [1.165, 1.54) is 16.7 Å². The molecule has 1 N–H and O–H groups in total. The number of benzene rings is 2. The number of aryl methyl sites for hydroxylation is 1. The van der Waals surface area contributed by atoms with Gasteiger partial charge >= 0.3 is 0 Å². The fourth-order valence-corrected chi connectivity index (χ4v) is 3.20. The zero-order valence-electron chi connectivity index (χ0n) is 14.2. The number of nitrogens with one attached hydrogen (secondary N) is 1. The van der Waals surface area contributed by atoms with E-state index in [2.05, 4.69) is 70.6 Å². The van der Waals surface area contributed by atoms with E-state index in [0.29, 0.717) is 0 Å². The van der Waals surface area contributed by atoms with E-state index in [1.807, 2.05) is 6.07 Å². The first-order valence-electron chi connectivity index (χ1n) is 8.55. The van der Waals surface area contributed by atoms with E-state index in [0.717, 1.165) is 44.4 Å². The maximum absolute atomic E-state index is 5.55. The van der Waals surface area contributed by atoms with E-state index >= 15 is 0 Å². The molecule has 0 aliphatic carbocycles. The van der Waals surface area contributed by atoms with Crippen LogP contribution in [0.2, 0.25) is 0 Å². The Hall–Kier alpha value is -1.91. The first-order valence-corrected chi connectivity index (χ1v) is 8.96. The van der Waals surface area contributed by atoms with E-state index in [-0.39, 0.29) is 0 Å². The van der Waals surface area contributed by atoms with Gasteiger partial charge in [-0.3, -0.25) is 4.90 Å². The van der Waals surface area contributed by atoms with Gasteiger partial charge in [0.2, 0.25) is 0 Å². The van der Waals surface area contributed by atoms with Gasteiger partial charge in [-0.25, -0.2) is 0 Å². The van der Waals surface area contributed by atoms with Crippen LogP contribution in [0.1, 0.15) is 16.7 Å². The molecule has 3 nitrogen and oxygen atoms in total. The third kappa shape index (κ3) is 4.79. The molecule has 4 heteroatoms. The molecule has 2 aromatic carbocycles. The van der Waals surface area contributed by atoms with Crippen LogP contribution in [0, 0.1) is 6.92 Å². The predicted molar refractivity (Wildman–Crippen MR) is 104 cm³/mol. The first kappa shape index (κ1) is 16.9. The number of rotatable bonds is 4.